The van der Waals surface area contributed by atoms with Gasteiger partial charge < -0.3 is 14.6 Å². The third-order valence-electron chi connectivity index (χ3n) is 4.70. The van der Waals surface area contributed by atoms with Crippen molar-refractivity contribution >= 4 is 5.97 Å². The molecule has 0 bridgehead atoms. The van der Waals surface area contributed by atoms with E-state index in [9.17, 15) is 9.90 Å². The highest BCUT2D eigenvalue weighted by Crippen LogP contribution is 2.35. The van der Waals surface area contributed by atoms with Crippen molar-refractivity contribution in [3.63, 3.8) is 0 Å². The summed E-state index contributed by atoms with van der Waals surface area (Å²) in [6.45, 7) is 6.42. The molecule has 5 heteroatoms. The van der Waals surface area contributed by atoms with Gasteiger partial charge in [-0.05, 0) is 43.5 Å². The van der Waals surface area contributed by atoms with E-state index in [4.69, 9.17) is 9.47 Å². The van der Waals surface area contributed by atoms with Crippen LogP contribution in [0.5, 0.6) is 5.75 Å². The molecule has 1 fully saturated rings. The van der Waals surface area contributed by atoms with Crippen LogP contribution in [0, 0.1) is 5.41 Å². The molecule has 0 aliphatic carbocycles. The maximum Gasteiger partial charge on any atom is 0.311 e. The Morgan fingerprint density at radius 3 is 2.88 bits per heavy atom. The zero-order valence-electron chi connectivity index (χ0n) is 14.6. The number of carboxylic acid groups (broad SMARTS) is 1. The number of ether oxygens (including phenoxy) is 2. The van der Waals surface area contributed by atoms with Gasteiger partial charge in [-0.3, -0.25) is 9.69 Å². The summed E-state index contributed by atoms with van der Waals surface area (Å²) in [7, 11) is 3.31. The Balaban J connectivity index is 2.14. The maximum absolute atomic E-state index is 11.8. The molecule has 0 spiro atoms. The van der Waals surface area contributed by atoms with Crippen LogP contribution in [0.15, 0.2) is 30.9 Å². The minimum atomic E-state index is -0.720. The fraction of sp³-hybridized carbons (Fsp3) is 0.526. The van der Waals surface area contributed by atoms with E-state index in [-0.39, 0.29) is 0 Å². The summed E-state index contributed by atoms with van der Waals surface area (Å²) in [4.78, 5) is 14.0. The average Bonchev–Trinajstić information content (AvgIpc) is 2.56. The summed E-state index contributed by atoms with van der Waals surface area (Å²) in [5, 5.41) is 9.68. The van der Waals surface area contributed by atoms with Gasteiger partial charge >= 0.3 is 5.97 Å². The lowest BCUT2D eigenvalue weighted by Gasteiger charge is -2.39. The molecule has 0 amide bonds. The second-order valence-corrected chi connectivity index (χ2v) is 6.47. The van der Waals surface area contributed by atoms with Crippen LogP contribution in [0.4, 0.5) is 0 Å². The van der Waals surface area contributed by atoms with Crippen molar-refractivity contribution in [1.29, 1.82) is 0 Å². The highest BCUT2D eigenvalue weighted by atomic mass is 16.5. The fourth-order valence-corrected chi connectivity index (χ4v) is 3.52. The molecule has 132 valence electrons. The molecule has 1 aromatic carbocycles. The van der Waals surface area contributed by atoms with Gasteiger partial charge in [-0.25, -0.2) is 0 Å². The quantitative estimate of drug-likeness (QED) is 0.741. The van der Waals surface area contributed by atoms with Crippen LogP contribution in [0.3, 0.4) is 0 Å². The van der Waals surface area contributed by atoms with Gasteiger partial charge in [0.25, 0.3) is 0 Å². The number of carboxylic acids is 1. The number of piperidine rings is 1. The summed E-state index contributed by atoms with van der Waals surface area (Å²) < 4.78 is 10.6. The number of benzene rings is 1. The molecule has 5 nitrogen and oxygen atoms in total. The minimum absolute atomic E-state index is 0.493. The first kappa shape index (κ1) is 18.5. The number of aliphatic carboxylic acids is 1. The maximum atomic E-state index is 11.8. The number of carbonyl (C=O) groups is 1. The Hall–Kier alpha value is -1.85. The van der Waals surface area contributed by atoms with E-state index in [1.807, 2.05) is 12.1 Å². The Labute approximate surface area is 143 Å². The SMILES string of the molecule is C=CC[C@]1(C(=O)O)CCCN(Cc2ccc(OC)c(COC)c2)C1. The number of methoxy groups -OCH3 is 2. The molecule has 1 heterocycles. The largest absolute Gasteiger partial charge is 0.496 e. The van der Waals surface area contributed by atoms with Crippen LogP contribution >= 0.6 is 0 Å². The number of rotatable bonds is 8. The second-order valence-electron chi connectivity index (χ2n) is 6.47. The van der Waals surface area contributed by atoms with E-state index in [0.29, 0.717) is 26.0 Å². The molecule has 0 unspecified atom stereocenters. The highest BCUT2D eigenvalue weighted by molar-refractivity contribution is 5.75. The average molecular weight is 333 g/mol. The molecule has 1 N–H and O–H groups in total. The second kappa shape index (κ2) is 8.31. The van der Waals surface area contributed by atoms with Crippen molar-refractivity contribution in [2.75, 3.05) is 27.3 Å². The predicted octanol–water partition coefficient (Wildman–Crippen LogP) is 3.08. The summed E-state index contributed by atoms with van der Waals surface area (Å²) in [6, 6.07) is 6.05. The zero-order valence-corrected chi connectivity index (χ0v) is 14.6. The van der Waals surface area contributed by atoms with Gasteiger partial charge in [0.1, 0.15) is 5.75 Å². The van der Waals surface area contributed by atoms with Crippen LogP contribution < -0.4 is 4.74 Å². The molecule has 24 heavy (non-hydrogen) atoms. The standard InChI is InChI=1S/C19H27NO4/c1-4-8-19(18(21)22)9-5-10-20(14-19)12-15-6-7-17(24-3)16(11-15)13-23-2/h4,6-7,11H,1,5,8-10,12-14H2,2-3H3,(H,21,22)/t19-/m0/s1. The Morgan fingerprint density at radius 2 is 2.25 bits per heavy atom. The van der Waals surface area contributed by atoms with Crippen molar-refractivity contribution in [3.8, 4) is 5.75 Å². The summed E-state index contributed by atoms with van der Waals surface area (Å²) >= 11 is 0. The fourth-order valence-electron chi connectivity index (χ4n) is 3.52. The van der Waals surface area contributed by atoms with Crippen LogP contribution in [-0.2, 0) is 22.7 Å². The molecule has 0 aromatic heterocycles. The van der Waals surface area contributed by atoms with E-state index in [1.165, 1.54) is 0 Å². The van der Waals surface area contributed by atoms with Gasteiger partial charge in [0.05, 0.1) is 19.1 Å². The first-order chi connectivity index (χ1) is 11.5. The smallest absolute Gasteiger partial charge is 0.311 e. The van der Waals surface area contributed by atoms with E-state index in [2.05, 4.69) is 17.5 Å². The van der Waals surface area contributed by atoms with Gasteiger partial charge in [0.2, 0.25) is 0 Å². The molecular weight excluding hydrogens is 306 g/mol. The molecular formula is C19H27NO4. The van der Waals surface area contributed by atoms with Crippen LogP contribution in [-0.4, -0.2) is 43.3 Å². The first-order valence-electron chi connectivity index (χ1n) is 8.26. The van der Waals surface area contributed by atoms with Gasteiger partial charge in [-0.1, -0.05) is 12.1 Å². The number of likely N-dealkylation sites (tertiary alicyclic amines) is 1. The normalized spacial score (nSPS) is 21.4. The van der Waals surface area contributed by atoms with Crippen LogP contribution in [0.2, 0.25) is 0 Å². The van der Waals surface area contributed by atoms with E-state index < -0.39 is 11.4 Å². The molecule has 1 atom stereocenters. The number of hydrogen-bond acceptors (Lipinski definition) is 4. The molecule has 0 radical (unpaired) electrons. The van der Waals surface area contributed by atoms with Crippen molar-refractivity contribution in [2.24, 2.45) is 5.41 Å². The van der Waals surface area contributed by atoms with E-state index in [0.717, 1.165) is 36.4 Å². The lowest BCUT2D eigenvalue weighted by atomic mass is 9.77. The summed E-state index contributed by atoms with van der Waals surface area (Å²) in [5.41, 5.74) is 1.44. The van der Waals surface area contributed by atoms with Gasteiger partial charge in [-0.15, -0.1) is 6.58 Å². The molecule has 2 rings (SSSR count). The van der Waals surface area contributed by atoms with Crippen molar-refractivity contribution < 1.29 is 19.4 Å². The topological polar surface area (TPSA) is 59.0 Å². The lowest BCUT2D eigenvalue weighted by Crippen LogP contribution is -2.47. The van der Waals surface area contributed by atoms with Crippen LogP contribution in [0.1, 0.15) is 30.4 Å². The zero-order chi connectivity index (χ0) is 17.6. The third kappa shape index (κ3) is 4.16. The Kier molecular flexibility index (Phi) is 6.40. The van der Waals surface area contributed by atoms with E-state index in [1.54, 1.807) is 20.3 Å². The number of hydrogen-bond donors (Lipinski definition) is 1. The highest BCUT2D eigenvalue weighted by Gasteiger charge is 2.41. The minimum Gasteiger partial charge on any atom is -0.496 e. The van der Waals surface area contributed by atoms with Gasteiger partial charge in [0.15, 0.2) is 0 Å². The number of nitrogens with zero attached hydrogens (tertiary/aromatic N) is 1. The van der Waals surface area contributed by atoms with E-state index >= 15 is 0 Å². The third-order valence-corrected chi connectivity index (χ3v) is 4.70. The van der Waals surface area contributed by atoms with Crippen LogP contribution in [0.25, 0.3) is 0 Å². The van der Waals surface area contributed by atoms with Gasteiger partial charge in [-0.2, -0.15) is 0 Å². The molecule has 0 saturated carbocycles. The Bertz CT molecular complexity index is 587. The predicted molar refractivity (Wildman–Crippen MR) is 93.1 cm³/mol. The summed E-state index contributed by atoms with van der Waals surface area (Å²) in [6.07, 6.45) is 3.83. The van der Waals surface area contributed by atoms with Gasteiger partial charge in [0, 0.05) is 25.8 Å². The monoisotopic (exact) mass is 333 g/mol. The van der Waals surface area contributed by atoms with Crippen molar-refractivity contribution in [1.82, 2.24) is 4.90 Å². The molecule has 1 saturated heterocycles. The molecule has 1 aromatic rings. The Morgan fingerprint density at radius 1 is 1.46 bits per heavy atom. The van der Waals surface area contributed by atoms with Crippen molar-refractivity contribution in [2.45, 2.75) is 32.4 Å². The van der Waals surface area contributed by atoms with Crippen molar-refractivity contribution in [3.05, 3.63) is 42.0 Å². The molecule has 1 aliphatic heterocycles. The number of allylic oxidation sites excluding steroid dienone is 1. The summed E-state index contributed by atoms with van der Waals surface area (Å²) in [5.74, 6) is 0.0905. The first-order valence-corrected chi connectivity index (χ1v) is 8.26. The molecule has 1 aliphatic rings. The lowest BCUT2D eigenvalue weighted by molar-refractivity contribution is -0.152.